The van der Waals surface area contributed by atoms with Crippen molar-refractivity contribution in [3.63, 3.8) is 0 Å². The van der Waals surface area contributed by atoms with Crippen molar-refractivity contribution in [3.8, 4) is 0 Å². The van der Waals surface area contributed by atoms with E-state index in [1.54, 1.807) is 6.92 Å². The fourth-order valence-corrected chi connectivity index (χ4v) is 6.26. The molecule has 5 nitrogen and oxygen atoms in total. The Labute approximate surface area is 203 Å². The van der Waals surface area contributed by atoms with Crippen LogP contribution in [0.2, 0.25) is 0 Å². The first-order valence-corrected chi connectivity index (χ1v) is 13.0. The van der Waals surface area contributed by atoms with Crippen molar-refractivity contribution in [1.82, 2.24) is 4.98 Å². The monoisotopic (exact) mass is 465 g/mol. The number of aromatic nitrogens is 1. The van der Waals surface area contributed by atoms with Gasteiger partial charge in [0.1, 0.15) is 0 Å². The number of carbonyl (C=O) groups is 2. The van der Waals surface area contributed by atoms with E-state index in [1.807, 2.05) is 18.3 Å². The number of aromatic amines is 1. The van der Waals surface area contributed by atoms with Crippen LogP contribution >= 0.6 is 0 Å². The quantitative estimate of drug-likeness (QED) is 0.272. The standard InChI is InChI=1S/C29H39NO4/c1-4-20(28-18(2)13-16-25(34-28)19(3)29(32)33)8-5-10-22-15-14-21-9-6-11-23(21)26(22)27(31)24-12-7-17-30-24/h5,7-8,10,12,14-15,17-19,21-23,25-26,28,30H,4,6,9,11,13,16H2,1-3H3,(H,32,33)/b10-5+,20-8+/t18-,19+,21-,22+,23-,25-,26+,28+/m0/s1. The zero-order valence-electron chi connectivity index (χ0n) is 20.7. The van der Waals surface area contributed by atoms with Crippen molar-refractivity contribution < 1.29 is 19.4 Å². The lowest BCUT2D eigenvalue weighted by Crippen LogP contribution is -2.40. The van der Waals surface area contributed by atoms with Gasteiger partial charge in [0.2, 0.25) is 0 Å². The van der Waals surface area contributed by atoms with Gasteiger partial charge in [-0.05, 0) is 74.5 Å². The van der Waals surface area contributed by atoms with E-state index in [4.69, 9.17) is 4.74 Å². The molecule has 4 rings (SSSR count). The number of Topliss-reactive ketones (excluding diaryl/α,β-unsaturated/α-hetero) is 1. The number of carbonyl (C=O) groups excluding carboxylic acids is 1. The fourth-order valence-electron chi connectivity index (χ4n) is 6.26. The highest BCUT2D eigenvalue weighted by atomic mass is 16.5. The van der Waals surface area contributed by atoms with Crippen LogP contribution in [0.25, 0.3) is 0 Å². The molecule has 0 bridgehead atoms. The molecule has 1 saturated heterocycles. The molecule has 184 valence electrons. The van der Waals surface area contributed by atoms with E-state index in [9.17, 15) is 14.7 Å². The van der Waals surface area contributed by atoms with Crippen molar-refractivity contribution in [2.75, 3.05) is 0 Å². The maximum atomic E-state index is 13.4. The number of nitrogens with one attached hydrogen (secondary N) is 1. The maximum Gasteiger partial charge on any atom is 0.308 e. The van der Waals surface area contributed by atoms with Crippen molar-refractivity contribution in [1.29, 1.82) is 0 Å². The summed E-state index contributed by atoms with van der Waals surface area (Å²) < 4.78 is 6.33. The molecule has 3 aliphatic rings. The van der Waals surface area contributed by atoms with Crippen molar-refractivity contribution in [2.24, 2.45) is 35.5 Å². The molecule has 2 heterocycles. The number of hydrogen-bond donors (Lipinski definition) is 2. The summed E-state index contributed by atoms with van der Waals surface area (Å²) in [5, 5.41) is 9.43. The number of fused-ring (bicyclic) bond motifs is 1. The van der Waals surface area contributed by atoms with Gasteiger partial charge in [0, 0.05) is 18.0 Å². The van der Waals surface area contributed by atoms with Crippen molar-refractivity contribution in [3.05, 3.63) is 60.0 Å². The van der Waals surface area contributed by atoms with Gasteiger partial charge in [-0.1, -0.05) is 50.6 Å². The Balaban J connectivity index is 1.53. The first kappa shape index (κ1) is 24.7. The second-order valence-corrected chi connectivity index (χ2v) is 10.5. The highest BCUT2D eigenvalue weighted by Crippen LogP contribution is 2.46. The largest absolute Gasteiger partial charge is 0.481 e. The lowest BCUT2D eigenvalue weighted by Gasteiger charge is -2.37. The van der Waals surface area contributed by atoms with Gasteiger partial charge in [0.05, 0.1) is 23.8 Å². The maximum absolute atomic E-state index is 13.4. The molecule has 0 unspecified atom stereocenters. The average molecular weight is 466 g/mol. The van der Waals surface area contributed by atoms with Gasteiger partial charge in [-0.2, -0.15) is 0 Å². The first-order valence-electron chi connectivity index (χ1n) is 13.0. The van der Waals surface area contributed by atoms with E-state index < -0.39 is 11.9 Å². The molecule has 34 heavy (non-hydrogen) atoms. The number of H-pyrrole nitrogens is 1. The van der Waals surface area contributed by atoms with E-state index in [-0.39, 0.29) is 29.8 Å². The second-order valence-electron chi connectivity index (χ2n) is 10.5. The van der Waals surface area contributed by atoms with Gasteiger partial charge in [0.25, 0.3) is 0 Å². The summed E-state index contributed by atoms with van der Waals surface area (Å²) in [4.78, 5) is 28.0. The zero-order chi connectivity index (χ0) is 24.2. The lowest BCUT2D eigenvalue weighted by atomic mass is 9.69. The van der Waals surface area contributed by atoms with Gasteiger partial charge < -0.3 is 14.8 Å². The van der Waals surface area contributed by atoms with Crippen LogP contribution in [0.3, 0.4) is 0 Å². The van der Waals surface area contributed by atoms with E-state index in [2.05, 4.69) is 49.2 Å². The molecule has 1 aromatic rings. The predicted octanol–water partition coefficient (Wildman–Crippen LogP) is 6.21. The summed E-state index contributed by atoms with van der Waals surface area (Å²) in [5.74, 6) is 0.237. The number of hydrogen-bond acceptors (Lipinski definition) is 3. The molecule has 2 N–H and O–H groups in total. The van der Waals surface area contributed by atoms with E-state index in [0.29, 0.717) is 23.4 Å². The van der Waals surface area contributed by atoms with Crippen molar-refractivity contribution in [2.45, 2.75) is 71.5 Å². The van der Waals surface area contributed by atoms with Gasteiger partial charge in [-0.15, -0.1) is 0 Å². The third kappa shape index (κ3) is 5.14. The van der Waals surface area contributed by atoms with E-state index >= 15 is 0 Å². The molecule has 2 aliphatic carbocycles. The van der Waals surface area contributed by atoms with Crippen LogP contribution in [-0.2, 0) is 9.53 Å². The van der Waals surface area contributed by atoms with Crippen LogP contribution in [0.1, 0.15) is 69.8 Å². The summed E-state index contributed by atoms with van der Waals surface area (Å²) in [7, 11) is 0. The molecule has 0 aromatic carbocycles. The minimum Gasteiger partial charge on any atom is -0.481 e. The molecular formula is C29H39NO4. The molecule has 1 saturated carbocycles. The number of carboxylic acid groups (broad SMARTS) is 1. The Kier molecular flexibility index (Phi) is 7.92. The van der Waals surface area contributed by atoms with Gasteiger partial charge in [-0.3, -0.25) is 9.59 Å². The minimum absolute atomic E-state index is 0.0310. The zero-order valence-corrected chi connectivity index (χ0v) is 20.7. The van der Waals surface area contributed by atoms with E-state index in [0.717, 1.165) is 25.7 Å². The first-order chi connectivity index (χ1) is 16.4. The Morgan fingerprint density at radius 1 is 1.24 bits per heavy atom. The van der Waals surface area contributed by atoms with Gasteiger partial charge in [0.15, 0.2) is 5.78 Å². The van der Waals surface area contributed by atoms with Gasteiger partial charge in [-0.25, -0.2) is 0 Å². The third-order valence-corrected chi connectivity index (χ3v) is 8.36. The minimum atomic E-state index is -0.799. The molecule has 8 atom stereocenters. The Morgan fingerprint density at radius 2 is 2.06 bits per heavy atom. The smallest absolute Gasteiger partial charge is 0.308 e. The lowest BCUT2D eigenvalue weighted by molar-refractivity contribution is -0.152. The third-order valence-electron chi connectivity index (χ3n) is 8.36. The summed E-state index contributed by atoms with van der Waals surface area (Å²) >= 11 is 0. The van der Waals surface area contributed by atoms with Crippen LogP contribution < -0.4 is 0 Å². The molecule has 2 fully saturated rings. The predicted molar refractivity (Wildman–Crippen MR) is 133 cm³/mol. The molecule has 1 aromatic heterocycles. The SMILES string of the molecule is CC/C(=C\C=C\[C@@H]1C=C[C@@H]2CCC[C@@H]2[C@@H]1C(=O)c1ccc[nH]1)[C@@H]1O[C@H]([C@@H](C)C(=O)O)CC[C@@H]1C. The topological polar surface area (TPSA) is 79.4 Å². The summed E-state index contributed by atoms with van der Waals surface area (Å²) in [6.45, 7) is 6.05. The van der Waals surface area contributed by atoms with Crippen LogP contribution in [0, 0.1) is 35.5 Å². The highest BCUT2D eigenvalue weighted by Gasteiger charge is 2.42. The number of rotatable bonds is 8. The number of ketones is 1. The van der Waals surface area contributed by atoms with Crippen LogP contribution in [0.15, 0.2) is 54.3 Å². The molecular weight excluding hydrogens is 426 g/mol. The number of carboxylic acids is 1. The van der Waals surface area contributed by atoms with Crippen molar-refractivity contribution >= 4 is 11.8 Å². The Bertz CT molecular complexity index is 943. The summed E-state index contributed by atoms with van der Waals surface area (Å²) in [6.07, 6.45) is 18.6. The Morgan fingerprint density at radius 3 is 2.76 bits per heavy atom. The molecule has 0 spiro atoms. The van der Waals surface area contributed by atoms with Crippen LogP contribution in [-0.4, -0.2) is 34.1 Å². The molecule has 0 amide bonds. The molecule has 0 radical (unpaired) electrons. The Hall–Kier alpha value is -2.40. The second kappa shape index (κ2) is 10.9. The highest BCUT2D eigenvalue weighted by molar-refractivity contribution is 5.97. The van der Waals surface area contributed by atoms with Gasteiger partial charge >= 0.3 is 5.97 Å². The average Bonchev–Trinajstić information content (AvgIpc) is 3.53. The number of allylic oxidation sites excluding steroid dienone is 5. The van der Waals surface area contributed by atoms with Crippen LogP contribution in [0.4, 0.5) is 0 Å². The van der Waals surface area contributed by atoms with Crippen LogP contribution in [0.5, 0.6) is 0 Å². The summed E-state index contributed by atoms with van der Waals surface area (Å²) in [6, 6.07) is 3.78. The van der Waals surface area contributed by atoms with E-state index in [1.165, 1.54) is 18.4 Å². The number of ether oxygens (including phenoxy) is 1. The summed E-state index contributed by atoms with van der Waals surface area (Å²) in [5.41, 5.74) is 1.90. The number of aliphatic carboxylic acids is 1. The fraction of sp³-hybridized carbons (Fsp3) is 0.586. The normalized spacial score (nSPS) is 34.8. The molecule has 1 aliphatic heterocycles. The molecule has 5 heteroatoms.